The molecular weight excluding hydrogens is 304 g/mol. The molecule has 1 aromatic heterocycles. The van der Waals surface area contributed by atoms with Gasteiger partial charge in [-0.25, -0.2) is 4.79 Å². The minimum atomic E-state index is -1.29. The molecular formula is C16H12O5S. The molecule has 0 fully saturated rings. The van der Waals surface area contributed by atoms with E-state index in [0.29, 0.717) is 17.7 Å². The van der Waals surface area contributed by atoms with Crippen LogP contribution in [0.1, 0.15) is 29.5 Å². The van der Waals surface area contributed by atoms with Gasteiger partial charge in [0.1, 0.15) is 5.58 Å². The topological polar surface area (TPSA) is 84.6 Å². The van der Waals surface area contributed by atoms with Crippen molar-refractivity contribution in [3.8, 4) is 11.8 Å². The van der Waals surface area contributed by atoms with E-state index < -0.39 is 17.2 Å². The molecule has 0 saturated heterocycles. The Hall–Kier alpha value is -2.52. The number of hydrogen-bond acceptors (Lipinski definition) is 5. The molecule has 0 aliphatic carbocycles. The van der Waals surface area contributed by atoms with Crippen LogP contribution in [0.25, 0.3) is 11.0 Å². The molecule has 112 valence electrons. The van der Waals surface area contributed by atoms with E-state index in [1.807, 2.05) is 0 Å². The molecule has 6 heteroatoms. The quantitative estimate of drug-likeness (QED) is 0.692. The number of aromatic carboxylic acids is 1. The van der Waals surface area contributed by atoms with Crippen molar-refractivity contribution >= 4 is 33.8 Å². The van der Waals surface area contributed by atoms with E-state index in [0.717, 1.165) is 6.07 Å². The van der Waals surface area contributed by atoms with Gasteiger partial charge in [-0.3, -0.25) is 9.59 Å². The van der Waals surface area contributed by atoms with Crippen LogP contribution in [0.2, 0.25) is 0 Å². The van der Waals surface area contributed by atoms with Crippen LogP contribution in [0, 0.1) is 11.8 Å². The molecule has 0 aliphatic rings. The molecule has 1 heterocycles. The molecule has 0 atom stereocenters. The van der Waals surface area contributed by atoms with Crippen molar-refractivity contribution in [1.82, 2.24) is 0 Å². The van der Waals surface area contributed by atoms with Crippen molar-refractivity contribution in [2.45, 2.75) is 13.3 Å². The third-order valence-corrected chi connectivity index (χ3v) is 3.52. The maximum Gasteiger partial charge on any atom is 0.371 e. The Balaban J connectivity index is 2.24. The van der Waals surface area contributed by atoms with Crippen molar-refractivity contribution in [2.24, 2.45) is 0 Å². The molecule has 0 bridgehead atoms. The lowest BCUT2D eigenvalue weighted by atomic mass is 10.1. The maximum absolute atomic E-state index is 11.9. The van der Waals surface area contributed by atoms with Crippen molar-refractivity contribution in [3.63, 3.8) is 0 Å². The number of rotatable bonds is 3. The van der Waals surface area contributed by atoms with Crippen molar-refractivity contribution in [1.29, 1.82) is 0 Å². The highest BCUT2D eigenvalue weighted by Crippen LogP contribution is 2.14. The van der Waals surface area contributed by atoms with Gasteiger partial charge in [-0.1, -0.05) is 23.6 Å². The first kappa shape index (κ1) is 15.9. The van der Waals surface area contributed by atoms with Crippen LogP contribution in [-0.4, -0.2) is 21.9 Å². The number of carbonyl (C=O) groups excluding carboxylic acids is 1. The lowest BCUT2D eigenvalue weighted by molar-refractivity contribution is -0.109. The summed E-state index contributed by atoms with van der Waals surface area (Å²) in [5, 5.41) is 9.19. The zero-order valence-electron chi connectivity index (χ0n) is 11.7. The Morgan fingerprint density at radius 2 is 2.09 bits per heavy atom. The number of hydrogen-bond donors (Lipinski definition) is 1. The van der Waals surface area contributed by atoms with Crippen LogP contribution in [0.15, 0.2) is 33.5 Å². The number of carbonyl (C=O) groups is 2. The van der Waals surface area contributed by atoms with E-state index in [2.05, 4.69) is 11.8 Å². The van der Waals surface area contributed by atoms with E-state index in [1.54, 1.807) is 12.1 Å². The predicted octanol–water partition coefficient (Wildman–Crippen LogP) is 2.51. The Morgan fingerprint density at radius 3 is 2.77 bits per heavy atom. The molecule has 0 saturated carbocycles. The Labute approximate surface area is 130 Å². The number of benzene rings is 1. The van der Waals surface area contributed by atoms with Crippen LogP contribution in [0.3, 0.4) is 0 Å². The smallest absolute Gasteiger partial charge is 0.371 e. The summed E-state index contributed by atoms with van der Waals surface area (Å²) in [6, 6.07) is 5.70. The summed E-state index contributed by atoms with van der Waals surface area (Å²) in [5.74, 6) is 4.77. The molecule has 0 radical (unpaired) electrons. The minimum absolute atomic E-state index is 0.0550. The molecule has 0 amide bonds. The molecule has 0 aliphatic heterocycles. The van der Waals surface area contributed by atoms with Gasteiger partial charge in [-0.15, -0.1) is 0 Å². The molecule has 0 unspecified atom stereocenters. The van der Waals surface area contributed by atoms with Crippen molar-refractivity contribution < 1.29 is 19.1 Å². The van der Waals surface area contributed by atoms with E-state index >= 15 is 0 Å². The fourth-order valence-corrected chi connectivity index (χ4v) is 2.24. The molecule has 5 nitrogen and oxygen atoms in total. The predicted molar refractivity (Wildman–Crippen MR) is 84.1 cm³/mol. The highest BCUT2D eigenvalue weighted by Gasteiger charge is 2.10. The number of carboxylic acids is 1. The fraction of sp³-hybridized carbons (Fsp3) is 0.188. The van der Waals surface area contributed by atoms with Gasteiger partial charge < -0.3 is 9.52 Å². The first-order valence-corrected chi connectivity index (χ1v) is 7.39. The van der Waals surface area contributed by atoms with Gasteiger partial charge in [0.05, 0.1) is 5.39 Å². The minimum Gasteiger partial charge on any atom is -0.475 e. The van der Waals surface area contributed by atoms with E-state index in [-0.39, 0.29) is 16.1 Å². The van der Waals surface area contributed by atoms with E-state index in [4.69, 9.17) is 9.52 Å². The number of thioether (sulfide) groups is 1. The second-order valence-electron chi connectivity index (χ2n) is 4.38. The normalized spacial score (nSPS) is 10.0. The maximum atomic E-state index is 11.9. The monoisotopic (exact) mass is 316 g/mol. The van der Waals surface area contributed by atoms with Gasteiger partial charge in [0.15, 0.2) is 10.5 Å². The van der Waals surface area contributed by atoms with Gasteiger partial charge >= 0.3 is 5.97 Å². The average Bonchev–Trinajstić information content (AvgIpc) is 2.46. The van der Waals surface area contributed by atoms with Gasteiger partial charge in [-0.2, -0.15) is 0 Å². The lowest BCUT2D eigenvalue weighted by Gasteiger charge is -1.99. The van der Waals surface area contributed by atoms with Gasteiger partial charge in [0, 0.05) is 30.7 Å². The summed E-state index contributed by atoms with van der Waals surface area (Å²) in [7, 11) is 0. The number of fused-ring (bicyclic) bond motifs is 1. The molecule has 1 N–H and O–H groups in total. The summed E-state index contributed by atoms with van der Waals surface area (Å²) < 4.78 is 5.14. The van der Waals surface area contributed by atoms with Crippen LogP contribution < -0.4 is 5.43 Å². The number of carboxylic acid groups (broad SMARTS) is 1. The summed E-state index contributed by atoms with van der Waals surface area (Å²) in [5.41, 5.74) is 0.424. The Bertz CT molecular complexity index is 854. The SMILES string of the molecule is CC(=O)SCCC#Cc1ccc2oc(C(=O)O)cc(=O)c2c1. The fourth-order valence-electron chi connectivity index (χ4n) is 1.75. The molecule has 2 aromatic rings. The molecule has 22 heavy (non-hydrogen) atoms. The van der Waals surface area contributed by atoms with Gasteiger partial charge in [-0.05, 0) is 18.2 Å². The van der Waals surface area contributed by atoms with E-state index in [9.17, 15) is 14.4 Å². The molecule has 1 aromatic carbocycles. The standard InChI is InChI=1S/C16H12O5S/c1-10(17)22-7-3-2-4-11-5-6-14-12(8-11)13(18)9-15(21-14)16(19)20/h5-6,8-9H,3,7H2,1H3,(H,19,20). The zero-order chi connectivity index (χ0) is 16.1. The summed E-state index contributed by atoms with van der Waals surface area (Å²) in [4.78, 5) is 33.5. The van der Waals surface area contributed by atoms with Crippen LogP contribution in [0.4, 0.5) is 0 Å². The third-order valence-electron chi connectivity index (χ3n) is 2.70. The van der Waals surface area contributed by atoms with Crippen LogP contribution in [-0.2, 0) is 4.79 Å². The first-order chi connectivity index (χ1) is 10.5. The average molecular weight is 316 g/mol. The third kappa shape index (κ3) is 3.99. The highest BCUT2D eigenvalue weighted by molar-refractivity contribution is 8.13. The van der Waals surface area contributed by atoms with Crippen LogP contribution in [0.5, 0.6) is 0 Å². The zero-order valence-corrected chi connectivity index (χ0v) is 12.5. The summed E-state index contributed by atoms with van der Waals surface area (Å²) in [6.07, 6.45) is 0.564. The molecule has 0 spiro atoms. The Morgan fingerprint density at radius 1 is 1.32 bits per heavy atom. The van der Waals surface area contributed by atoms with Crippen molar-refractivity contribution in [2.75, 3.05) is 5.75 Å². The molecule has 2 rings (SSSR count). The summed E-state index contributed by atoms with van der Waals surface area (Å²) in [6.45, 7) is 1.51. The summed E-state index contributed by atoms with van der Waals surface area (Å²) >= 11 is 1.21. The first-order valence-electron chi connectivity index (χ1n) is 6.41. The second kappa shape index (κ2) is 6.96. The van der Waals surface area contributed by atoms with Gasteiger partial charge in [0.25, 0.3) is 0 Å². The van der Waals surface area contributed by atoms with Gasteiger partial charge in [0.2, 0.25) is 5.76 Å². The van der Waals surface area contributed by atoms with Crippen LogP contribution >= 0.6 is 11.8 Å². The highest BCUT2D eigenvalue weighted by atomic mass is 32.2. The Kier molecular flexibility index (Phi) is 5.02. The lowest BCUT2D eigenvalue weighted by Crippen LogP contribution is -2.06. The largest absolute Gasteiger partial charge is 0.475 e. The second-order valence-corrected chi connectivity index (χ2v) is 5.65. The van der Waals surface area contributed by atoms with E-state index in [1.165, 1.54) is 24.8 Å². The van der Waals surface area contributed by atoms with Crippen molar-refractivity contribution in [3.05, 3.63) is 45.8 Å².